The van der Waals surface area contributed by atoms with Crippen LogP contribution in [0.4, 0.5) is 0 Å². The van der Waals surface area contributed by atoms with Crippen LogP contribution in [0.1, 0.15) is 27.7 Å². The van der Waals surface area contributed by atoms with Gasteiger partial charge in [-0.05, 0) is 13.8 Å². The number of esters is 1. The maximum absolute atomic E-state index is 10.3. The summed E-state index contributed by atoms with van der Waals surface area (Å²) in [6, 6.07) is 0. The average molecular weight is 547 g/mol. The van der Waals surface area contributed by atoms with Crippen LogP contribution in [0.5, 0.6) is 0 Å². The quantitative estimate of drug-likeness (QED) is 0.326. The number of carbonyl (C=O) groups is 3. The highest BCUT2D eigenvalue weighted by atomic mass is 32.2. The van der Waals surface area contributed by atoms with E-state index in [0.29, 0.717) is 0 Å². The van der Waals surface area contributed by atoms with E-state index in [1.165, 1.54) is 53.8 Å². The fourth-order valence-electron chi connectivity index (χ4n) is 0. The summed E-state index contributed by atoms with van der Waals surface area (Å²) in [4.78, 5) is 30.6. The van der Waals surface area contributed by atoms with Crippen molar-refractivity contribution >= 4 is 47.6 Å². The van der Waals surface area contributed by atoms with Gasteiger partial charge in [-0.15, -0.1) is 0 Å². The molecule has 0 aliphatic heterocycles. The van der Waals surface area contributed by atoms with Crippen molar-refractivity contribution in [3.63, 3.8) is 0 Å². The number of amides is 1. The van der Waals surface area contributed by atoms with Crippen LogP contribution in [0.15, 0.2) is 0 Å². The number of sulfonamides is 1. The number of rotatable bonds is 2. The maximum Gasteiger partial charge on any atom is 0.302 e. The third kappa shape index (κ3) is 137. The first-order valence-electron chi connectivity index (χ1n) is 8.63. The molecule has 0 aromatic heterocycles. The summed E-state index contributed by atoms with van der Waals surface area (Å²) in [6.07, 6.45) is 4.47. The number of Topliss-reactive ketones (excluding diaryl/α,β-unsaturated/α-hetero) is 1. The lowest BCUT2D eigenvalue weighted by atomic mass is 10.6. The Morgan fingerprint density at radius 3 is 0.788 bits per heavy atom. The lowest BCUT2D eigenvalue weighted by molar-refractivity contribution is -0.138. The fourth-order valence-corrected chi connectivity index (χ4v) is 0. The first-order chi connectivity index (χ1) is 14.1. The number of carbonyl (C=O) groups excluding carboxylic acids is 3. The highest BCUT2D eigenvalue weighted by Crippen LogP contribution is 1.83. The van der Waals surface area contributed by atoms with E-state index < -0.39 is 30.0 Å². The van der Waals surface area contributed by atoms with Crippen LogP contribution in [0.2, 0.25) is 0 Å². The number of methoxy groups -OCH3 is 1. The zero-order chi connectivity index (χ0) is 28.8. The molecule has 0 saturated heterocycles. The Kier molecular flexibility index (Phi) is 32.1. The van der Waals surface area contributed by atoms with Crippen LogP contribution in [-0.4, -0.2) is 120 Å². The molecule has 0 atom stereocenters. The second-order valence-corrected chi connectivity index (χ2v) is 12.8. The van der Waals surface area contributed by atoms with Crippen molar-refractivity contribution in [2.24, 2.45) is 0 Å². The molecule has 0 rings (SSSR count). The standard InChI is InChI=1S/C4H9NO.C3H9NO2S.C3H6O2.C3H6O.C2H6O3S.C2H6O2S/c1-4(6)5(2)3;1-4(2)7(3,5)6;1-3(4)5-2;1-3(2)4;1-5-6(2,3)4;1-5(2,3)4/h1-3H3;1-3H3;1-2H3;1-2H3;1-2H3;1-2H3. The van der Waals surface area contributed by atoms with E-state index in [0.717, 1.165) is 36.4 Å². The average Bonchev–Trinajstić information content (AvgIpc) is 2.52. The van der Waals surface area contributed by atoms with Gasteiger partial charge in [-0.25, -0.2) is 21.1 Å². The second-order valence-electron chi connectivity index (χ2n) is 6.58. The van der Waals surface area contributed by atoms with Gasteiger partial charge < -0.3 is 14.4 Å². The highest BCUT2D eigenvalue weighted by Gasteiger charge is 2.01. The lowest BCUT2D eigenvalue weighted by Gasteiger charge is -2.02. The second kappa shape index (κ2) is 23.5. The SMILES string of the molecule is CC(=O)N(C)C.CC(C)=O.CN(C)S(C)(=O)=O.COC(C)=O.COS(C)(=O)=O.CS(C)(=O)=O. The van der Waals surface area contributed by atoms with Gasteiger partial charge in [0.25, 0.3) is 10.1 Å². The largest absolute Gasteiger partial charge is 0.469 e. The Morgan fingerprint density at radius 2 is 0.788 bits per heavy atom. The van der Waals surface area contributed by atoms with Gasteiger partial charge in [0, 0.05) is 54.5 Å². The van der Waals surface area contributed by atoms with Gasteiger partial charge in [0.15, 0.2) is 0 Å². The molecule has 0 spiro atoms. The molecule has 0 saturated carbocycles. The van der Waals surface area contributed by atoms with Crippen LogP contribution >= 0.6 is 0 Å². The van der Waals surface area contributed by atoms with Crippen molar-refractivity contribution in [2.45, 2.75) is 27.7 Å². The lowest BCUT2D eigenvalue weighted by Crippen LogP contribution is -2.19. The van der Waals surface area contributed by atoms with E-state index in [1.807, 2.05) is 0 Å². The van der Waals surface area contributed by atoms with E-state index in [9.17, 15) is 39.6 Å². The van der Waals surface area contributed by atoms with E-state index >= 15 is 0 Å². The van der Waals surface area contributed by atoms with Crippen LogP contribution < -0.4 is 0 Å². The summed E-state index contributed by atoms with van der Waals surface area (Å²) < 4.78 is 68.5. The zero-order valence-corrected chi connectivity index (χ0v) is 24.6. The van der Waals surface area contributed by atoms with E-state index in [4.69, 9.17) is 0 Å². The molecule has 0 aromatic rings. The van der Waals surface area contributed by atoms with Crippen molar-refractivity contribution < 1.29 is 48.6 Å². The number of nitrogens with zero attached hydrogens (tertiary/aromatic N) is 2. The van der Waals surface area contributed by atoms with Gasteiger partial charge in [-0.1, -0.05) is 0 Å². The molecule has 0 bridgehead atoms. The Balaban J connectivity index is -0.0000000668. The molecule has 0 N–H and O–H groups in total. The number of ketones is 1. The summed E-state index contributed by atoms with van der Waals surface area (Å²) in [5, 5.41) is 0. The molecule has 0 aromatic carbocycles. The monoisotopic (exact) mass is 546 g/mol. The van der Waals surface area contributed by atoms with Crippen molar-refractivity contribution in [3.8, 4) is 0 Å². The van der Waals surface area contributed by atoms with E-state index in [2.05, 4.69) is 8.92 Å². The predicted molar refractivity (Wildman–Crippen MR) is 130 cm³/mol. The van der Waals surface area contributed by atoms with Crippen LogP contribution in [0, 0.1) is 0 Å². The fraction of sp³-hybridized carbons (Fsp3) is 0.824. The van der Waals surface area contributed by atoms with Gasteiger partial charge in [0.1, 0.15) is 15.6 Å². The van der Waals surface area contributed by atoms with Gasteiger partial charge in [0.2, 0.25) is 15.9 Å². The summed E-state index contributed by atoms with van der Waals surface area (Å²) >= 11 is 0. The summed E-state index contributed by atoms with van der Waals surface area (Å²) in [5.41, 5.74) is 0. The van der Waals surface area contributed by atoms with Crippen LogP contribution in [0.3, 0.4) is 0 Å². The highest BCUT2D eigenvalue weighted by molar-refractivity contribution is 7.90. The molecule has 0 unspecified atom stereocenters. The number of sulfone groups is 1. The minimum atomic E-state index is -3.16. The zero-order valence-electron chi connectivity index (χ0n) is 22.1. The summed E-state index contributed by atoms with van der Waals surface area (Å²) in [5.74, 6) is 0.0139. The molecule has 0 aliphatic carbocycles. The topological polar surface area (TPSA) is 179 Å². The van der Waals surface area contributed by atoms with Crippen molar-refractivity contribution in [3.05, 3.63) is 0 Å². The van der Waals surface area contributed by atoms with Crippen molar-refractivity contribution in [1.82, 2.24) is 9.21 Å². The van der Waals surface area contributed by atoms with E-state index in [-0.39, 0.29) is 17.7 Å². The molecule has 0 fully saturated rings. The Morgan fingerprint density at radius 1 is 0.667 bits per heavy atom. The smallest absolute Gasteiger partial charge is 0.302 e. The molecule has 16 heteroatoms. The summed E-state index contributed by atoms with van der Waals surface area (Å²) in [7, 11) is 0.174. The van der Waals surface area contributed by atoms with Gasteiger partial charge in [-0.3, -0.25) is 13.8 Å². The molecule has 33 heavy (non-hydrogen) atoms. The van der Waals surface area contributed by atoms with Crippen LogP contribution in [-0.2, 0) is 53.3 Å². The first kappa shape index (κ1) is 45.0. The van der Waals surface area contributed by atoms with Gasteiger partial charge in [-0.2, -0.15) is 8.42 Å². The number of hydrogen-bond donors (Lipinski definition) is 0. The Bertz CT molecular complexity index is 819. The Labute approximate surface area is 200 Å². The molecule has 0 aliphatic rings. The third-order valence-electron chi connectivity index (χ3n) is 1.88. The van der Waals surface area contributed by atoms with Crippen LogP contribution in [0.25, 0.3) is 0 Å². The van der Waals surface area contributed by atoms with Crippen molar-refractivity contribution in [1.29, 1.82) is 0 Å². The predicted octanol–water partition coefficient (Wildman–Crippen LogP) is -0.370. The molecule has 0 radical (unpaired) electrons. The molecule has 1 amide bonds. The minimum absolute atomic E-state index is 0.0926. The number of hydrogen-bond acceptors (Lipinski definition) is 11. The maximum atomic E-state index is 10.3. The molecule has 204 valence electrons. The number of ether oxygens (including phenoxy) is 1. The molecule has 13 nitrogen and oxygen atoms in total. The molecule has 0 heterocycles. The third-order valence-corrected chi connectivity index (χ3v) is 3.82. The molecular formula is C17H42N2O11S3. The normalized spacial score (nSPS) is 9.79. The summed E-state index contributed by atoms with van der Waals surface area (Å²) in [6.45, 7) is 5.94. The van der Waals surface area contributed by atoms with E-state index in [1.54, 1.807) is 14.1 Å². The first-order valence-corrected chi connectivity index (χ1v) is 14.6. The minimum Gasteiger partial charge on any atom is -0.469 e. The molecular weight excluding hydrogens is 504 g/mol. The Hall–Kier alpha value is -1.62. The van der Waals surface area contributed by atoms with Crippen molar-refractivity contribution in [2.75, 3.05) is 67.4 Å². The van der Waals surface area contributed by atoms with Gasteiger partial charge in [0.05, 0.1) is 26.7 Å². The van der Waals surface area contributed by atoms with Gasteiger partial charge >= 0.3 is 5.97 Å².